The molecule has 4 saturated heterocycles. The number of hydrogen-bond acceptors (Lipinski definition) is 5. The van der Waals surface area contributed by atoms with Gasteiger partial charge < -0.3 is 4.90 Å². The monoisotopic (exact) mass is 586 g/mol. The number of amides is 3. The molecule has 3 unspecified atom stereocenters. The molecule has 5 heterocycles. The van der Waals surface area contributed by atoms with Crippen LogP contribution in [0.15, 0.2) is 48.0 Å². The number of imide groups is 1. The first kappa shape index (κ1) is 27.8. The van der Waals surface area contributed by atoms with Crippen molar-refractivity contribution >= 4 is 34.9 Å². The van der Waals surface area contributed by atoms with E-state index in [2.05, 4.69) is 53.2 Å². The quantitative estimate of drug-likeness (QED) is 0.481. The number of allylic oxidation sites excluding steroid dienone is 1. The number of halogens is 1. The second-order valence-electron chi connectivity index (χ2n) is 13.7. The number of piperidine rings is 2. The molecule has 4 fully saturated rings. The summed E-state index contributed by atoms with van der Waals surface area (Å²) in [7, 11) is 0. The highest BCUT2D eigenvalue weighted by Crippen LogP contribution is 2.45. The summed E-state index contributed by atoms with van der Waals surface area (Å²) >= 11 is 6.21. The number of rotatable bonds is 6. The van der Waals surface area contributed by atoms with Crippen LogP contribution in [0.1, 0.15) is 79.4 Å². The van der Waals surface area contributed by atoms with Crippen LogP contribution in [-0.4, -0.2) is 70.2 Å². The zero-order valence-electron chi connectivity index (χ0n) is 24.5. The number of hydrogen-bond donors (Lipinski definition) is 1. The lowest BCUT2D eigenvalue weighted by molar-refractivity contribution is -0.136. The molecule has 2 bridgehead atoms. The van der Waals surface area contributed by atoms with Crippen molar-refractivity contribution in [2.75, 3.05) is 19.6 Å². The molecule has 8 heteroatoms. The van der Waals surface area contributed by atoms with Crippen molar-refractivity contribution < 1.29 is 14.4 Å². The summed E-state index contributed by atoms with van der Waals surface area (Å²) in [5, 5.41) is 3.17. The fourth-order valence-electron chi connectivity index (χ4n) is 7.83. The topological polar surface area (TPSA) is 73.0 Å². The Morgan fingerprint density at radius 2 is 1.74 bits per heavy atom. The first-order valence-corrected chi connectivity index (χ1v) is 15.7. The first-order chi connectivity index (χ1) is 20.1. The zero-order valence-corrected chi connectivity index (χ0v) is 25.3. The molecule has 6 aliphatic rings. The predicted octanol–water partition coefficient (Wildman–Crippen LogP) is 5.02. The number of nitrogens with zero attached hydrogens (tertiary/aromatic N) is 3. The number of piperazine rings is 1. The number of fused-ring (bicyclic) bond motifs is 3. The smallest absolute Gasteiger partial charge is 0.255 e. The van der Waals surface area contributed by atoms with Gasteiger partial charge in [-0.15, -0.1) is 0 Å². The van der Waals surface area contributed by atoms with Gasteiger partial charge in [0.2, 0.25) is 11.8 Å². The van der Waals surface area contributed by atoms with E-state index >= 15 is 0 Å². The fourth-order valence-corrected chi connectivity index (χ4v) is 7.96. The SMILES string of the molecule is CC1(C)CCC(CN2C3CC2CN(Cc2ccc4c(c2)CN(C2CCC(=O)NC2=O)C4=O)C3)=C(c2ccc(Cl)cc2)C1. The largest absolute Gasteiger partial charge is 0.322 e. The minimum absolute atomic E-state index is 0.112. The lowest BCUT2D eigenvalue weighted by atomic mass is 9.72. The molecule has 0 radical (unpaired) electrons. The molecule has 42 heavy (non-hydrogen) atoms. The molecule has 8 rings (SSSR count). The fraction of sp³-hybridized carbons (Fsp3) is 0.500. The van der Waals surface area contributed by atoms with Gasteiger partial charge in [0.15, 0.2) is 0 Å². The van der Waals surface area contributed by atoms with Gasteiger partial charge in [0.05, 0.1) is 0 Å². The maximum absolute atomic E-state index is 13.1. The minimum Gasteiger partial charge on any atom is -0.322 e. The lowest BCUT2D eigenvalue weighted by Crippen LogP contribution is -2.68. The van der Waals surface area contributed by atoms with Crippen LogP contribution in [0.25, 0.3) is 5.57 Å². The van der Waals surface area contributed by atoms with E-state index in [1.54, 1.807) is 10.5 Å². The van der Waals surface area contributed by atoms with Crippen molar-refractivity contribution in [1.29, 1.82) is 0 Å². The van der Waals surface area contributed by atoms with Crippen LogP contribution < -0.4 is 5.32 Å². The number of nitrogens with one attached hydrogen (secondary N) is 1. The van der Waals surface area contributed by atoms with Crippen LogP contribution >= 0.6 is 11.6 Å². The molecule has 2 aromatic rings. The van der Waals surface area contributed by atoms with Crippen LogP contribution in [0.2, 0.25) is 5.02 Å². The Morgan fingerprint density at radius 1 is 0.976 bits per heavy atom. The maximum Gasteiger partial charge on any atom is 0.255 e. The molecule has 3 atom stereocenters. The molecular weight excluding hydrogens is 548 g/mol. The van der Waals surface area contributed by atoms with Gasteiger partial charge in [-0.1, -0.05) is 55.3 Å². The highest BCUT2D eigenvalue weighted by Gasteiger charge is 2.45. The van der Waals surface area contributed by atoms with Gasteiger partial charge in [-0.2, -0.15) is 0 Å². The van der Waals surface area contributed by atoms with Crippen LogP contribution in [-0.2, 0) is 22.7 Å². The van der Waals surface area contributed by atoms with E-state index in [1.807, 2.05) is 18.2 Å². The van der Waals surface area contributed by atoms with Gasteiger partial charge in [-0.25, -0.2) is 0 Å². The Labute approximate surface area is 252 Å². The molecule has 1 N–H and O–H groups in total. The van der Waals surface area contributed by atoms with Crippen molar-refractivity contribution in [1.82, 2.24) is 20.0 Å². The Kier molecular flexibility index (Phi) is 7.03. The molecule has 0 saturated carbocycles. The third kappa shape index (κ3) is 5.20. The number of carbonyl (C=O) groups is 3. The molecule has 1 aliphatic carbocycles. The highest BCUT2D eigenvalue weighted by molar-refractivity contribution is 6.30. The van der Waals surface area contributed by atoms with Gasteiger partial charge in [0, 0.05) is 61.8 Å². The molecule has 0 aromatic heterocycles. The lowest BCUT2D eigenvalue weighted by Gasteiger charge is -2.57. The van der Waals surface area contributed by atoms with Gasteiger partial charge in [0.25, 0.3) is 5.91 Å². The van der Waals surface area contributed by atoms with E-state index in [0.717, 1.165) is 49.6 Å². The first-order valence-electron chi connectivity index (χ1n) is 15.3. The van der Waals surface area contributed by atoms with E-state index in [0.29, 0.717) is 36.0 Å². The van der Waals surface area contributed by atoms with Gasteiger partial charge in [0.1, 0.15) is 6.04 Å². The third-order valence-electron chi connectivity index (χ3n) is 10.2. The van der Waals surface area contributed by atoms with Crippen molar-refractivity contribution in [3.8, 4) is 0 Å². The molecular formula is C34H39ClN4O3. The average molecular weight is 587 g/mol. The number of carbonyl (C=O) groups excluding carboxylic acids is 3. The average Bonchev–Trinajstić information content (AvgIpc) is 3.27. The summed E-state index contributed by atoms with van der Waals surface area (Å²) in [5.74, 6) is -0.737. The van der Waals surface area contributed by atoms with Crippen LogP contribution in [0, 0.1) is 5.41 Å². The van der Waals surface area contributed by atoms with E-state index < -0.39 is 6.04 Å². The maximum atomic E-state index is 13.1. The Balaban J connectivity index is 1.00. The molecule has 7 nitrogen and oxygen atoms in total. The summed E-state index contributed by atoms with van der Waals surface area (Å²) < 4.78 is 0. The third-order valence-corrected chi connectivity index (χ3v) is 10.4. The minimum atomic E-state index is -0.572. The van der Waals surface area contributed by atoms with E-state index in [4.69, 9.17) is 11.6 Å². The van der Waals surface area contributed by atoms with Gasteiger partial charge in [-0.3, -0.25) is 29.5 Å². The summed E-state index contributed by atoms with van der Waals surface area (Å²) in [6.07, 6.45) is 5.44. The van der Waals surface area contributed by atoms with Crippen molar-refractivity contribution in [2.45, 2.75) is 83.6 Å². The second-order valence-corrected chi connectivity index (χ2v) is 14.2. The van der Waals surface area contributed by atoms with Crippen LogP contribution in [0.4, 0.5) is 0 Å². The normalized spacial score (nSPS) is 27.6. The summed E-state index contributed by atoms with van der Waals surface area (Å²) in [6, 6.07) is 15.1. The Hall–Kier alpha value is -3.00. The standard InChI is InChI=1S/C34H39ClN4O3/c1-34(2)12-11-23(29(15-34)22-4-6-25(35)7-5-22)17-38-26-14-27(38)20-37(19-26)16-21-3-8-28-24(13-21)18-39(33(28)42)30-9-10-31(40)36-32(30)41/h3-8,13,26-27,30H,9-12,14-20H2,1-2H3,(H,36,40,41). The Morgan fingerprint density at radius 3 is 2.48 bits per heavy atom. The molecule has 2 aromatic carbocycles. The summed E-state index contributed by atoms with van der Waals surface area (Å²) in [4.78, 5) is 44.0. The molecule has 220 valence electrons. The summed E-state index contributed by atoms with van der Waals surface area (Å²) in [5.41, 5.74) is 7.62. The highest BCUT2D eigenvalue weighted by atomic mass is 35.5. The molecule has 3 amide bonds. The van der Waals surface area contributed by atoms with Gasteiger partial charge in [-0.05, 0) is 78.0 Å². The van der Waals surface area contributed by atoms with Crippen molar-refractivity contribution in [2.24, 2.45) is 5.41 Å². The second kappa shape index (κ2) is 10.6. The van der Waals surface area contributed by atoms with E-state index in [1.165, 1.54) is 29.5 Å². The summed E-state index contributed by atoms with van der Waals surface area (Å²) in [6.45, 7) is 9.25. The van der Waals surface area contributed by atoms with E-state index in [9.17, 15) is 14.4 Å². The predicted molar refractivity (Wildman–Crippen MR) is 163 cm³/mol. The Bertz CT molecular complexity index is 1470. The molecule has 5 aliphatic heterocycles. The van der Waals surface area contributed by atoms with Crippen LogP contribution in [0.5, 0.6) is 0 Å². The number of benzene rings is 2. The van der Waals surface area contributed by atoms with Gasteiger partial charge >= 0.3 is 0 Å². The zero-order chi connectivity index (χ0) is 29.2. The molecule has 0 spiro atoms. The van der Waals surface area contributed by atoms with Crippen molar-refractivity contribution in [3.05, 3.63) is 75.3 Å². The van der Waals surface area contributed by atoms with Crippen molar-refractivity contribution in [3.63, 3.8) is 0 Å². The van der Waals surface area contributed by atoms with Crippen LogP contribution in [0.3, 0.4) is 0 Å². The van der Waals surface area contributed by atoms with E-state index in [-0.39, 0.29) is 24.1 Å².